The van der Waals surface area contributed by atoms with Crippen molar-refractivity contribution in [1.82, 2.24) is 0 Å². The van der Waals surface area contributed by atoms with Crippen LogP contribution in [0.3, 0.4) is 0 Å². The zero-order valence-corrected chi connectivity index (χ0v) is 15.6. The number of aliphatic imine (C=N–C) groups is 1. The standard InChI is InChI=1S/C20H27N3O2/c1-14-7-6-8-15(11-14)20(2,3)13-22-19(21)23-17-12-16(24-4)9-10-18(17)25-5/h6-12H,13H2,1-5H3,(H3,21,22,23). The maximum atomic E-state index is 6.08. The Morgan fingerprint density at radius 1 is 1.12 bits per heavy atom. The van der Waals surface area contributed by atoms with E-state index in [0.29, 0.717) is 18.3 Å². The SMILES string of the molecule is COc1ccc(OC)c(NC(N)=NCC(C)(C)c2cccc(C)c2)c1. The minimum Gasteiger partial charge on any atom is -0.497 e. The van der Waals surface area contributed by atoms with Gasteiger partial charge in [-0.2, -0.15) is 0 Å². The van der Waals surface area contributed by atoms with Gasteiger partial charge in [0, 0.05) is 11.5 Å². The highest BCUT2D eigenvalue weighted by Gasteiger charge is 2.20. The van der Waals surface area contributed by atoms with Crippen LogP contribution in [0.1, 0.15) is 25.0 Å². The molecule has 0 aliphatic rings. The van der Waals surface area contributed by atoms with Crippen LogP contribution in [0.15, 0.2) is 47.5 Å². The Morgan fingerprint density at radius 3 is 2.52 bits per heavy atom. The lowest BCUT2D eigenvalue weighted by molar-refractivity contribution is 0.405. The van der Waals surface area contributed by atoms with Gasteiger partial charge in [-0.15, -0.1) is 0 Å². The number of methoxy groups -OCH3 is 2. The third-order valence-electron chi connectivity index (χ3n) is 4.11. The third-order valence-corrected chi connectivity index (χ3v) is 4.11. The van der Waals surface area contributed by atoms with Gasteiger partial charge in [0.05, 0.1) is 26.5 Å². The van der Waals surface area contributed by atoms with Crippen LogP contribution in [-0.4, -0.2) is 26.7 Å². The molecule has 2 rings (SSSR count). The predicted octanol–water partition coefficient (Wildman–Crippen LogP) is 3.72. The largest absolute Gasteiger partial charge is 0.497 e. The second-order valence-electron chi connectivity index (χ2n) is 6.65. The van der Waals surface area contributed by atoms with Crippen LogP contribution in [0.5, 0.6) is 11.5 Å². The molecule has 0 spiro atoms. The van der Waals surface area contributed by atoms with Crippen molar-refractivity contribution in [2.24, 2.45) is 10.7 Å². The summed E-state index contributed by atoms with van der Waals surface area (Å²) in [6.45, 7) is 6.98. The molecule has 0 atom stereocenters. The molecule has 0 aliphatic heterocycles. The van der Waals surface area contributed by atoms with E-state index >= 15 is 0 Å². The van der Waals surface area contributed by atoms with Gasteiger partial charge in [0.1, 0.15) is 11.5 Å². The van der Waals surface area contributed by atoms with Crippen LogP contribution in [0.2, 0.25) is 0 Å². The number of hydrogen-bond donors (Lipinski definition) is 2. The van der Waals surface area contributed by atoms with E-state index in [9.17, 15) is 0 Å². The third kappa shape index (κ3) is 4.89. The summed E-state index contributed by atoms with van der Waals surface area (Å²) in [5.41, 5.74) is 9.16. The number of nitrogens with two attached hydrogens (primary N) is 1. The lowest BCUT2D eigenvalue weighted by atomic mass is 9.84. The summed E-state index contributed by atoms with van der Waals surface area (Å²) < 4.78 is 10.6. The minimum atomic E-state index is -0.114. The Labute approximate surface area is 149 Å². The molecule has 0 radical (unpaired) electrons. The van der Waals surface area contributed by atoms with E-state index in [2.05, 4.69) is 55.3 Å². The van der Waals surface area contributed by atoms with Gasteiger partial charge in [-0.1, -0.05) is 43.7 Å². The van der Waals surface area contributed by atoms with Crippen molar-refractivity contribution in [2.45, 2.75) is 26.2 Å². The van der Waals surface area contributed by atoms with Crippen molar-refractivity contribution < 1.29 is 9.47 Å². The summed E-state index contributed by atoms with van der Waals surface area (Å²) in [6.07, 6.45) is 0. The smallest absolute Gasteiger partial charge is 0.193 e. The minimum absolute atomic E-state index is 0.114. The fourth-order valence-electron chi connectivity index (χ4n) is 2.53. The van der Waals surface area contributed by atoms with Crippen LogP contribution in [0.4, 0.5) is 5.69 Å². The molecule has 0 bridgehead atoms. The highest BCUT2D eigenvalue weighted by atomic mass is 16.5. The van der Waals surface area contributed by atoms with E-state index in [-0.39, 0.29) is 5.41 Å². The summed E-state index contributed by atoms with van der Waals surface area (Å²) in [6, 6.07) is 13.9. The Hall–Kier alpha value is -2.69. The molecule has 0 unspecified atom stereocenters. The number of benzene rings is 2. The average molecular weight is 341 g/mol. The van der Waals surface area contributed by atoms with Crippen LogP contribution in [-0.2, 0) is 5.41 Å². The quantitative estimate of drug-likeness (QED) is 0.621. The van der Waals surface area contributed by atoms with E-state index < -0.39 is 0 Å². The Bertz CT molecular complexity index is 754. The molecular formula is C20H27N3O2. The number of anilines is 1. The lowest BCUT2D eigenvalue weighted by Gasteiger charge is -2.24. The lowest BCUT2D eigenvalue weighted by Crippen LogP contribution is -2.28. The molecule has 0 saturated carbocycles. The van der Waals surface area contributed by atoms with E-state index in [1.54, 1.807) is 14.2 Å². The van der Waals surface area contributed by atoms with Crippen LogP contribution >= 0.6 is 0 Å². The Kier molecular flexibility index (Phi) is 5.91. The second kappa shape index (κ2) is 7.92. The van der Waals surface area contributed by atoms with E-state index in [4.69, 9.17) is 15.2 Å². The van der Waals surface area contributed by atoms with Crippen molar-refractivity contribution in [1.29, 1.82) is 0 Å². The van der Waals surface area contributed by atoms with Gasteiger partial charge in [0.15, 0.2) is 5.96 Å². The fraction of sp³-hybridized carbons (Fsp3) is 0.350. The molecule has 134 valence electrons. The highest BCUT2D eigenvalue weighted by Crippen LogP contribution is 2.29. The topological polar surface area (TPSA) is 68.9 Å². The van der Waals surface area contributed by atoms with E-state index in [1.165, 1.54) is 11.1 Å². The maximum Gasteiger partial charge on any atom is 0.193 e. The monoisotopic (exact) mass is 341 g/mol. The Balaban J connectivity index is 2.14. The van der Waals surface area contributed by atoms with Crippen molar-refractivity contribution in [3.05, 3.63) is 53.6 Å². The first-order valence-corrected chi connectivity index (χ1v) is 8.22. The summed E-state index contributed by atoms with van der Waals surface area (Å²) in [5.74, 6) is 1.74. The first-order valence-electron chi connectivity index (χ1n) is 8.22. The number of nitrogens with zero attached hydrogens (tertiary/aromatic N) is 1. The summed E-state index contributed by atoms with van der Waals surface area (Å²) in [4.78, 5) is 4.52. The molecule has 25 heavy (non-hydrogen) atoms. The summed E-state index contributed by atoms with van der Waals surface area (Å²) >= 11 is 0. The number of guanidine groups is 1. The molecule has 0 fully saturated rings. The van der Waals surface area contributed by atoms with Gasteiger partial charge in [-0.3, -0.25) is 4.99 Å². The molecule has 3 N–H and O–H groups in total. The molecule has 5 heteroatoms. The van der Waals surface area contributed by atoms with E-state index in [0.717, 1.165) is 11.4 Å². The molecule has 0 aliphatic carbocycles. The molecule has 5 nitrogen and oxygen atoms in total. The molecule has 2 aromatic carbocycles. The number of rotatable bonds is 6. The maximum absolute atomic E-state index is 6.08. The van der Waals surface area contributed by atoms with Crippen LogP contribution in [0.25, 0.3) is 0 Å². The molecule has 0 aromatic heterocycles. The first-order chi connectivity index (χ1) is 11.9. The Morgan fingerprint density at radius 2 is 1.88 bits per heavy atom. The molecule has 0 amide bonds. The number of ether oxygens (including phenoxy) is 2. The zero-order valence-electron chi connectivity index (χ0n) is 15.6. The van der Waals surface area contributed by atoms with Gasteiger partial charge in [-0.05, 0) is 24.6 Å². The van der Waals surface area contributed by atoms with Gasteiger partial charge >= 0.3 is 0 Å². The van der Waals surface area contributed by atoms with Gasteiger partial charge < -0.3 is 20.5 Å². The first kappa shape index (κ1) is 18.6. The van der Waals surface area contributed by atoms with Crippen molar-refractivity contribution in [2.75, 3.05) is 26.1 Å². The van der Waals surface area contributed by atoms with Crippen LogP contribution in [0, 0.1) is 6.92 Å². The van der Waals surface area contributed by atoms with Crippen molar-refractivity contribution in [3.8, 4) is 11.5 Å². The summed E-state index contributed by atoms with van der Waals surface area (Å²) in [5, 5.41) is 3.09. The molecule has 2 aromatic rings. The number of nitrogens with one attached hydrogen (secondary N) is 1. The number of hydrogen-bond acceptors (Lipinski definition) is 3. The van der Waals surface area contributed by atoms with Gasteiger partial charge in [0.25, 0.3) is 0 Å². The fourth-order valence-corrected chi connectivity index (χ4v) is 2.53. The molecule has 0 saturated heterocycles. The van der Waals surface area contributed by atoms with Gasteiger partial charge in [0.2, 0.25) is 0 Å². The second-order valence-corrected chi connectivity index (χ2v) is 6.65. The number of aryl methyl sites for hydroxylation is 1. The van der Waals surface area contributed by atoms with Crippen molar-refractivity contribution >= 4 is 11.6 Å². The van der Waals surface area contributed by atoms with E-state index in [1.807, 2.05) is 18.2 Å². The normalized spacial score (nSPS) is 12.0. The predicted molar refractivity (Wildman–Crippen MR) is 104 cm³/mol. The zero-order chi connectivity index (χ0) is 18.4. The van der Waals surface area contributed by atoms with Crippen LogP contribution < -0.4 is 20.5 Å². The molecule has 0 heterocycles. The molecular weight excluding hydrogens is 314 g/mol. The highest BCUT2D eigenvalue weighted by molar-refractivity contribution is 5.94. The van der Waals surface area contributed by atoms with Gasteiger partial charge in [-0.25, -0.2) is 0 Å². The summed E-state index contributed by atoms with van der Waals surface area (Å²) in [7, 11) is 3.23. The van der Waals surface area contributed by atoms with Crippen molar-refractivity contribution in [3.63, 3.8) is 0 Å². The average Bonchev–Trinajstić information content (AvgIpc) is 2.60.